The van der Waals surface area contributed by atoms with Crippen LogP contribution in [0.5, 0.6) is 0 Å². The summed E-state index contributed by atoms with van der Waals surface area (Å²) in [6, 6.07) is 1.64. The second-order valence-corrected chi connectivity index (χ2v) is 2.85. The number of hydrogen-bond acceptors (Lipinski definition) is 3. The lowest BCUT2D eigenvalue weighted by Crippen LogP contribution is -2.36. The van der Waals surface area contributed by atoms with Crippen LogP contribution in [0.25, 0.3) is 0 Å². The summed E-state index contributed by atoms with van der Waals surface area (Å²) >= 11 is 0. The maximum atomic E-state index is 11.3. The van der Waals surface area contributed by atoms with E-state index < -0.39 is 0 Å². The van der Waals surface area contributed by atoms with Gasteiger partial charge >= 0.3 is 0 Å². The topological polar surface area (TPSA) is 83.8 Å². The van der Waals surface area contributed by atoms with Crippen LogP contribution in [0.2, 0.25) is 0 Å². The van der Waals surface area contributed by atoms with Crippen molar-refractivity contribution in [1.29, 1.82) is 0 Å². The third kappa shape index (κ3) is 2.87. The Bertz CT molecular complexity index is 257. The number of hydrogen-bond donors (Lipinski definition) is 3. The van der Waals surface area contributed by atoms with Crippen molar-refractivity contribution in [3.05, 3.63) is 18.0 Å². The highest BCUT2D eigenvalue weighted by atomic mass is 16.1. The van der Waals surface area contributed by atoms with Crippen LogP contribution in [0.15, 0.2) is 12.3 Å². The van der Waals surface area contributed by atoms with Crippen molar-refractivity contribution in [2.75, 3.05) is 6.54 Å². The summed E-state index contributed by atoms with van der Waals surface area (Å²) in [5.74, 6) is -0.165. The van der Waals surface area contributed by atoms with E-state index in [1.54, 1.807) is 6.07 Å². The molecule has 1 unspecified atom stereocenters. The highest BCUT2D eigenvalue weighted by Crippen LogP contribution is 1.91. The number of carbonyl (C=O) groups excluding carboxylic acids is 1. The van der Waals surface area contributed by atoms with Gasteiger partial charge in [0.25, 0.3) is 5.91 Å². The molecule has 1 amide bonds. The molecule has 0 aliphatic rings. The van der Waals surface area contributed by atoms with Crippen molar-refractivity contribution in [1.82, 2.24) is 15.5 Å². The summed E-state index contributed by atoms with van der Waals surface area (Å²) in [4.78, 5) is 11.3. The van der Waals surface area contributed by atoms with Crippen LogP contribution in [-0.4, -0.2) is 28.7 Å². The number of nitrogens with zero attached hydrogens (tertiary/aromatic N) is 1. The monoisotopic (exact) mass is 182 g/mol. The van der Waals surface area contributed by atoms with E-state index in [-0.39, 0.29) is 11.9 Å². The van der Waals surface area contributed by atoms with E-state index in [1.807, 2.05) is 6.92 Å². The van der Waals surface area contributed by atoms with Crippen molar-refractivity contribution in [3.8, 4) is 0 Å². The molecule has 0 saturated carbocycles. The molecule has 0 aliphatic carbocycles. The van der Waals surface area contributed by atoms with E-state index in [0.29, 0.717) is 12.2 Å². The number of aromatic amines is 1. The number of rotatable bonds is 4. The smallest absolute Gasteiger partial charge is 0.269 e. The molecule has 5 nitrogen and oxygen atoms in total. The lowest BCUT2D eigenvalue weighted by molar-refractivity contribution is 0.0946. The van der Waals surface area contributed by atoms with Gasteiger partial charge in [0, 0.05) is 18.8 Å². The van der Waals surface area contributed by atoms with Crippen LogP contribution < -0.4 is 11.1 Å². The summed E-state index contributed by atoms with van der Waals surface area (Å²) in [5.41, 5.74) is 6.10. The van der Waals surface area contributed by atoms with Crippen LogP contribution in [0.1, 0.15) is 23.8 Å². The summed E-state index contributed by atoms with van der Waals surface area (Å²) < 4.78 is 0. The maximum absolute atomic E-state index is 11.3. The van der Waals surface area contributed by atoms with Crippen LogP contribution in [0.3, 0.4) is 0 Å². The molecule has 0 saturated heterocycles. The molecule has 1 heterocycles. The highest BCUT2D eigenvalue weighted by Gasteiger charge is 2.07. The zero-order valence-corrected chi connectivity index (χ0v) is 7.58. The van der Waals surface area contributed by atoms with Crippen molar-refractivity contribution in [2.24, 2.45) is 5.73 Å². The zero-order chi connectivity index (χ0) is 9.68. The van der Waals surface area contributed by atoms with Gasteiger partial charge in [-0.1, -0.05) is 6.92 Å². The predicted octanol–water partition coefficient (Wildman–Crippen LogP) is -0.123. The van der Waals surface area contributed by atoms with Crippen LogP contribution >= 0.6 is 0 Å². The third-order valence-electron chi connectivity index (χ3n) is 1.79. The van der Waals surface area contributed by atoms with Gasteiger partial charge in [0.15, 0.2) is 0 Å². The molecule has 0 bridgehead atoms. The zero-order valence-electron chi connectivity index (χ0n) is 7.58. The largest absolute Gasteiger partial charge is 0.349 e. The Morgan fingerprint density at radius 2 is 2.62 bits per heavy atom. The van der Waals surface area contributed by atoms with E-state index >= 15 is 0 Å². The van der Waals surface area contributed by atoms with Crippen molar-refractivity contribution < 1.29 is 4.79 Å². The van der Waals surface area contributed by atoms with Crippen LogP contribution in [0, 0.1) is 0 Å². The molecule has 1 aromatic heterocycles. The van der Waals surface area contributed by atoms with Gasteiger partial charge in [0.05, 0.1) is 0 Å². The second kappa shape index (κ2) is 4.61. The fraction of sp³-hybridized carbons (Fsp3) is 0.500. The van der Waals surface area contributed by atoms with Gasteiger partial charge < -0.3 is 11.1 Å². The summed E-state index contributed by atoms with van der Waals surface area (Å²) in [6.45, 7) is 2.47. The van der Waals surface area contributed by atoms with Crippen molar-refractivity contribution in [2.45, 2.75) is 19.4 Å². The number of amides is 1. The van der Waals surface area contributed by atoms with Gasteiger partial charge in [-0.25, -0.2) is 0 Å². The minimum atomic E-state index is -0.165. The van der Waals surface area contributed by atoms with Gasteiger partial charge in [-0.05, 0) is 12.5 Å². The molecular weight excluding hydrogens is 168 g/mol. The Balaban J connectivity index is 2.35. The molecular formula is C8H14N4O. The van der Waals surface area contributed by atoms with E-state index in [9.17, 15) is 4.79 Å². The van der Waals surface area contributed by atoms with Crippen molar-refractivity contribution >= 4 is 5.91 Å². The number of nitrogens with two attached hydrogens (primary N) is 1. The van der Waals surface area contributed by atoms with Gasteiger partial charge in [0.2, 0.25) is 0 Å². The molecule has 0 spiro atoms. The molecule has 0 radical (unpaired) electrons. The Kier molecular flexibility index (Phi) is 3.45. The number of nitrogens with one attached hydrogen (secondary N) is 2. The van der Waals surface area contributed by atoms with Crippen LogP contribution in [-0.2, 0) is 0 Å². The molecule has 4 N–H and O–H groups in total. The molecule has 13 heavy (non-hydrogen) atoms. The first-order valence-corrected chi connectivity index (χ1v) is 4.27. The molecule has 1 atom stereocenters. The first kappa shape index (κ1) is 9.73. The van der Waals surface area contributed by atoms with Gasteiger partial charge in [0.1, 0.15) is 5.69 Å². The number of H-pyrrole nitrogens is 1. The predicted molar refractivity (Wildman–Crippen MR) is 49.2 cm³/mol. The van der Waals surface area contributed by atoms with Gasteiger partial charge in [-0.3, -0.25) is 9.89 Å². The molecule has 72 valence electrons. The van der Waals surface area contributed by atoms with Gasteiger partial charge in [-0.2, -0.15) is 5.10 Å². The Labute approximate surface area is 76.7 Å². The third-order valence-corrected chi connectivity index (χ3v) is 1.79. The summed E-state index contributed by atoms with van der Waals surface area (Å²) in [5, 5.41) is 8.95. The number of carbonyl (C=O) groups is 1. The second-order valence-electron chi connectivity index (χ2n) is 2.85. The minimum absolute atomic E-state index is 0.0203. The minimum Gasteiger partial charge on any atom is -0.349 e. The first-order valence-electron chi connectivity index (χ1n) is 4.27. The van der Waals surface area contributed by atoms with E-state index in [2.05, 4.69) is 15.5 Å². The molecule has 0 fully saturated rings. The summed E-state index contributed by atoms with van der Waals surface area (Å²) in [7, 11) is 0. The highest BCUT2D eigenvalue weighted by molar-refractivity contribution is 5.92. The lowest BCUT2D eigenvalue weighted by atomic mass is 10.2. The van der Waals surface area contributed by atoms with E-state index in [1.165, 1.54) is 6.20 Å². The average molecular weight is 182 g/mol. The molecule has 0 aromatic carbocycles. The standard InChI is InChI=1S/C8H14N4O/c1-2-6(9)5-10-8(13)7-3-4-11-12-7/h3-4,6H,2,5,9H2,1H3,(H,10,13)(H,11,12). The average Bonchev–Trinajstić information content (AvgIpc) is 2.66. The number of aromatic nitrogens is 2. The molecule has 0 aliphatic heterocycles. The van der Waals surface area contributed by atoms with Crippen LogP contribution in [0.4, 0.5) is 0 Å². The van der Waals surface area contributed by atoms with Gasteiger partial charge in [-0.15, -0.1) is 0 Å². The fourth-order valence-corrected chi connectivity index (χ4v) is 0.846. The quantitative estimate of drug-likeness (QED) is 0.606. The Morgan fingerprint density at radius 3 is 3.15 bits per heavy atom. The molecule has 1 aromatic rings. The van der Waals surface area contributed by atoms with E-state index in [0.717, 1.165) is 6.42 Å². The SMILES string of the molecule is CCC(N)CNC(=O)c1ccn[nH]1. The first-order chi connectivity index (χ1) is 6.24. The molecule has 5 heteroatoms. The van der Waals surface area contributed by atoms with E-state index in [4.69, 9.17) is 5.73 Å². The lowest BCUT2D eigenvalue weighted by Gasteiger charge is -2.08. The fourth-order valence-electron chi connectivity index (χ4n) is 0.846. The normalized spacial score (nSPS) is 12.5. The Hall–Kier alpha value is -1.36. The van der Waals surface area contributed by atoms with Crippen molar-refractivity contribution in [3.63, 3.8) is 0 Å². The molecule has 1 rings (SSSR count). The summed E-state index contributed by atoms with van der Waals surface area (Å²) in [6.07, 6.45) is 2.39. The maximum Gasteiger partial charge on any atom is 0.269 e. The Morgan fingerprint density at radius 1 is 1.85 bits per heavy atom.